The van der Waals surface area contributed by atoms with Gasteiger partial charge in [-0.15, -0.1) is 11.3 Å². The number of pyridine rings is 1. The molecule has 5 rings (SSSR count). The first-order valence-corrected chi connectivity index (χ1v) is 9.85. The van der Waals surface area contributed by atoms with Gasteiger partial charge in [0.05, 0.1) is 11.2 Å². The van der Waals surface area contributed by atoms with Gasteiger partial charge >= 0.3 is 0 Å². The Kier molecular flexibility index (Phi) is 4.03. The quantitative estimate of drug-likeness (QED) is 0.480. The molecule has 0 saturated heterocycles. The van der Waals surface area contributed by atoms with Crippen LogP contribution in [0.1, 0.15) is 16.6 Å². The van der Waals surface area contributed by atoms with Crippen molar-refractivity contribution < 1.29 is 9.53 Å². The second-order valence-corrected chi connectivity index (χ2v) is 7.87. The summed E-state index contributed by atoms with van der Waals surface area (Å²) in [6.07, 6.45) is 1.52. The molecule has 0 unspecified atom stereocenters. The highest BCUT2D eigenvalue weighted by atomic mass is 35.5. The van der Waals surface area contributed by atoms with Crippen LogP contribution in [0.4, 0.5) is 5.69 Å². The largest absolute Gasteiger partial charge is 0.421 e. The van der Waals surface area contributed by atoms with Crippen molar-refractivity contribution in [1.29, 1.82) is 0 Å². The Bertz CT molecular complexity index is 1240. The molecule has 9 heteroatoms. The lowest BCUT2D eigenvalue weighted by atomic mass is 10.1. The standard InChI is InChI=1S/C19H14ClN5O2S/c1-9-8-22-16-15-10-2-5-13(27-14-6-7-21-19(20)25-14)24-11(10)3-4-12(15)28-17(16)18(26)23-9/h2-7,9,22H,8H2,1H3,(H,23,26)/t9-/m0/s1. The minimum Gasteiger partial charge on any atom is -0.421 e. The van der Waals surface area contributed by atoms with E-state index in [4.69, 9.17) is 16.3 Å². The fourth-order valence-corrected chi connectivity index (χ4v) is 4.48. The Balaban J connectivity index is 1.62. The number of anilines is 1. The molecular formula is C19H14ClN5O2S. The molecule has 0 bridgehead atoms. The maximum absolute atomic E-state index is 12.5. The molecular weight excluding hydrogens is 398 g/mol. The van der Waals surface area contributed by atoms with E-state index in [1.165, 1.54) is 17.5 Å². The van der Waals surface area contributed by atoms with Gasteiger partial charge in [0.2, 0.25) is 17.0 Å². The molecule has 0 spiro atoms. The van der Waals surface area contributed by atoms with Gasteiger partial charge in [0.15, 0.2) is 0 Å². The number of nitrogens with zero attached hydrogens (tertiary/aromatic N) is 3. The minimum absolute atomic E-state index is 0.0459. The van der Waals surface area contributed by atoms with E-state index < -0.39 is 0 Å². The van der Waals surface area contributed by atoms with Gasteiger partial charge in [0.1, 0.15) is 4.88 Å². The van der Waals surface area contributed by atoms with E-state index in [2.05, 4.69) is 25.6 Å². The minimum atomic E-state index is -0.0459. The lowest BCUT2D eigenvalue weighted by Crippen LogP contribution is -2.34. The Morgan fingerprint density at radius 1 is 1.18 bits per heavy atom. The summed E-state index contributed by atoms with van der Waals surface area (Å²) in [6, 6.07) is 9.31. The molecule has 0 aliphatic carbocycles. The third-order valence-electron chi connectivity index (χ3n) is 4.48. The van der Waals surface area contributed by atoms with Crippen molar-refractivity contribution in [3.8, 4) is 11.8 Å². The average molecular weight is 412 g/mol. The summed E-state index contributed by atoms with van der Waals surface area (Å²) in [7, 11) is 0. The van der Waals surface area contributed by atoms with E-state index >= 15 is 0 Å². The Labute approximate surface area is 168 Å². The molecule has 1 atom stereocenters. The number of halogens is 1. The molecule has 0 fully saturated rings. The smallest absolute Gasteiger partial charge is 0.263 e. The maximum Gasteiger partial charge on any atom is 0.263 e. The summed E-state index contributed by atoms with van der Waals surface area (Å²) >= 11 is 7.28. The van der Waals surface area contributed by atoms with E-state index in [0.29, 0.717) is 23.2 Å². The fourth-order valence-electron chi connectivity index (χ4n) is 3.25. The summed E-state index contributed by atoms with van der Waals surface area (Å²) in [5.74, 6) is 0.683. The third kappa shape index (κ3) is 2.90. The lowest BCUT2D eigenvalue weighted by Gasteiger charge is -2.10. The van der Waals surface area contributed by atoms with Crippen LogP contribution in [0.25, 0.3) is 21.0 Å². The van der Waals surface area contributed by atoms with Crippen LogP contribution in [-0.4, -0.2) is 33.4 Å². The van der Waals surface area contributed by atoms with Gasteiger partial charge in [-0.25, -0.2) is 9.97 Å². The van der Waals surface area contributed by atoms with Gasteiger partial charge < -0.3 is 15.4 Å². The molecule has 0 radical (unpaired) electrons. The van der Waals surface area contributed by atoms with Gasteiger partial charge in [-0.2, -0.15) is 4.98 Å². The summed E-state index contributed by atoms with van der Waals surface area (Å²) in [6.45, 7) is 2.65. The molecule has 4 heterocycles. The number of aromatic nitrogens is 3. The number of carbonyl (C=O) groups excluding carboxylic acids is 1. The molecule has 4 aromatic rings. The number of rotatable bonds is 2. The Hall–Kier alpha value is -2.97. The number of amides is 1. The number of fused-ring (bicyclic) bond motifs is 5. The zero-order chi connectivity index (χ0) is 19.3. The first-order chi connectivity index (χ1) is 13.6. The topological polar surface area (TPSA) is 89.0 Å². The van der Waals surface area contributed by atoms with Crippen LogP contribution in [-0.2, 0) is 0 Å². The average Bonchev–Trinajstić information content (AvgIpc) is 2.99. The second-order valence-electron chi connectivity index (χ2n) is 6.48. The van der Waals surface area contributed by atoms with Gasteiger partial charge in [0, 0.05) is 46.4 Å². The molecule has 1 aliphatic heterocycles. The van der Waals surface area contributed by atoms with Crippen molar-refractivity contribution >= 4 is 55.5 Å². The van der Waals surface area contributed by atoms with E-state index in [1.54, 1.807) is 12.1 Å². The summed E-state index contributed by atoms with van der Waals surface area (Å²) < 4.78 is 6.74. The molecule has 28 heavy (non-hydrogen) atoms. The number of hydrogen-bond acceptors (Lipinski definition) is 7. The predicted molar refractivity (Wildman–Crippen MR) is 110 cm³/mol. The first-order valence-electron chi connectivity index (χ1n) is 8.66. The van der Waals surface area contributed by atoms with Crippen molar-refractivity contribution in [2.75, 3.05) is 11.9 Å². The van der Waals surface area contributed by atoms with Crippen LogP contribution in [0, 0.1) is 0 Å². The van der Waals surface area contributed by atoms with Crippen molar-refractivity contribution in [3.63, 3.8) is 0 Å². The zero-order valence-corrected chi connectivity index (χ0v) is 16.3. The summed E-state index contributed by atoms with van der Waals surface area (Å²) in [4.78, 5) is 25.6. The van der Waals surface area contributed by atoms with Gasteiger partial charge in [-0.3, -0.25) is 4.79 Å². The molecule has 1 amide bonds. The zero-order valence-electron chi connectivity index (χ0n) is 14.7. The van der Waals surface area contributed by atoms with Gasteiger partial charge in [0.25, 0.3) is 5.91 Å². The first kappa shape index (κ1) is 17.2. The van der Waals surface area contributed by atoms with Crippen LogP contribution in [0.15, 0.2) is 36.5 Å². The lowest BCUT2D eigenvalue weighted by molar-refractivity contribution is 0.0949. The number of ether oxygens (including phenoxy) is 1. The summed E-state index contributed by atoms with van der Waals surface area (Å²) in [5, 5.41) is 8.49. The number of nitrogens with one attached hydrogen (secondary N) is 2. The van der Waals surface area contributed by atoms with Crippen LogP contribution in [0.5, 0.6) is 11.8 Å². The molecule has 7 nitrogen and oxygen atoms in total. The molecule has 1 aliphatic rings. The van der Waals surface area contributed by atoms with E-state index in [-0.39, 0.29) is 17.2 Å². The van der Waals surface area contributed by atoms with Crippen LogP contribution < -0.4 is 15.4 Å². The van der Waals surface area contributed by atoms with Crippen molar-refractivity contribution in [3.05, 3.63) is 46.7 Å². The molecule has 3 aromatic heterocycles. The Morgan fingerprint density at radius 3 is 2.89 bits per heavy atom. The monoisotopic (exact) mass is 411 g/mol. The fraction of sp³-hybridized carbons (Fsp3) is 0.158. The van der Waals surface area contributed by atoms with Crippen LogP contribution in [0.2, 0.25) is 5.28 Å². The highest BCUT2D eigenvalue weighted by molar-refractivity contribution is 7.21. The van der Waals surface area contributed by atoms with E-state index in [9.17, 15) is 4.79 Å². The van der Waals surface area contributed by atoms with Crippen LogP contribution >= 0.6 is 22.9 Å². The molecule has 1 aromatic carbocycles. The molecule has 2 N–H and O–H groups in total. The van der Waals surface area contributed by atoms with E-state index in [0.717, 1.165) is 26.7 Å². The van der Waals surface area contributed by atoms with Gasteiger partial charge in [-0.1, -0.05) is 0 Å². The third-order valence-corrected chi connectivity index (χ3v) is 5.81. The predicted octanol–water partition coefficient (Wildman–Crippen LogP) is 4.23. The molecule has 0 saturated carbocycles. The second kappa shape index (κ2) is 6.57. The van der Waals surface area contributed by atoms with Crippen molar-refractivity contribution in [1.82, 2.24) is 20.3 Å². The summed E-state index contributed by atoms with van der Waals surface area (Å²) in [5.41, 5.74) is 1.63. The SMILES string of the molecule is C[C@H]1CNc2c(sc3ccc4nc(Oc5ccnc(Cl)n5)ccc4c23)C(=O)N1. The van der Waals surface area contributed by atoms with E-state index in [1.807, 2.05) is 25.1 Å². The molecule has 140 valence electrons. The number of benzene rings is 1. The number of carbonyl (C=O) groups is 1. The van der Waals surface area contributed by atoms with Crippen LogP contribution in [0.3, 0.4) is 0 Å². The maximum atomic E-state index is 12.5. The van der Waals surface area contributed by atoms with Crippen molar-refractivity contribution in [2.45, 2.75) is 13.0 Å². The normalized spacial score (nSPS) is 16.4. The number of thiophene rings is 1. The highest BCUT2D eigenvalue weighted by Crippen LogP contribution is 2.41. The highest BCUT2D eigenvalue weighted by Gasteiger charge is 2.24. The number of hydrogen-bond donors (Lipinski definition) is 2. The Morgan fingerprint density at radius 2 is 2.04 bits per heavy atom. The van der Waals surface area contributed by atoms with Gasteiger partial charge in [-0.05, 0) is 36.7 Å². The van der Waals surface area contributed by atoms with Crippen molar-refractivity contribution in [2.24, 2.45) is 0 Å².